The van der Waals surface area contributed by atoms with Crippen LogP contribution in [0.15, 0.2) is 41.3 Å². The largest absolute Gasteiger partial charge is 0.378 e. The molecule has 1 aliphatic rings. The fourth-order valence-corrected chi connectivity index (χ4v) is 5.42. The first-order valence-electron chi connectivity index (χ1n) is 10.9. The maximum absolute atomic E-state index is 13.2. The van der Waals surface area contributed by atoms with Crippen LogP contribution < -0.4 is 9.62 Å². The van der Waals surface area contributed by atoms with Crippen LogP contribution in [-0.4, -0.2) is 72.1 Å². The van der Waals surface area contributed by atoms with Crippen LogP contribution >= 0.6 is 0 Å². The molecule has 0 spiro atoms. The van der Waals surface area contributed by atoms with E-state index in [1.54, 1.807) is 6.07 Å². The van der Waals surface area contributed by atoms with Crippen molar-refractivity contribution in [3.8, 4) is 0 Å². The first-order valence-corrected chi connectivity index (χ1v) is 12.3. The Labute approximate surface area is 187 Å². The van der Waals surface area contributed by atoms with Crippen LogP contribution in [0.4, 0.5) is 5.69 Å². The van der Waals surface area contributed by atoms with Crippen molar-refractivity contribution in [3.63, 3.8) is 0 Å². The van der Waals surface area contributed by atoms with Gasteiger partial charge >= 0.3 is 0 Å². The van der Waals surface area contributed by atoms with Crippen molar-refractivity contribution in [1.82, 2.24) is 14.5 Å². The fourth-order valence-electron chi connectivity index (χ4n) is 4.08. The number of likely N-dealkylation sites (N-methyl/N-ethyl adjacent to an activating group) is 1. The van der Waals surface area contributed by atoms with Gasteiger partial charge in [-0.05, 0) is 68.3 Å². The van der Waals surface area contributed by atoms with Crippen LogP contribution in [0.1, 0.15) is 28.3 Å². The monoisotopic (exact) mass is 444 g/mol. The van der Waals surface area contributed by atoms with Gasteiger partial charge in [0.1, 0.15) is 0 Å². The summed E-state index contributed by atoms with van der Waals surface area (Å²) in [4.78, 5) is 7.14. The van der Waals surface area contributed by atoms with E-state index in [0.29, 0.717) is 11.4 Å². The first kappa shape index (κ1) is 23.7. The van der Waals surface area contributed by atoms with Crippen molar-refractivity contribution in [1.29, 1.82) is 0 Å². The lowest BCUT2D eigenvalue weighted by Gasteiger charge is -2.38. The Balaban J connectivity index is 1.85. The second kappa shape index (κ2) is 9.69. The Kier molecular flexibility index (Phi) is 7.42. The average molecular weight is 445 g/mol. The maximum Gasteiger partial charge on any atom is 0.240 e. The molecule has 1 N–H and O–H groups in total. The second-order valence-electron chi connectivity index (χ2n) is 8.89. The molecule has 1 aliphatic heterocycles. The molecule has 0 radical (unpaired) electrons. The summed E-state index contributed by atoms with van der Waals surface area (Å²) in [5.41, 5.74) is 5.14. The number of hydrogen-bond acceptors (Lipinski definition) is 5. The van der Waals surface area contributed by atoms with Gasteiger partial charge in [0.25, 0.3) is 0 Å². The minimum absolute atomic E-state index is 0.00783. The predicted molar refractivity (Wildman–Crippen MR) is 128 cm³/mol. The van der Waals surface area contributed by atoms with Crippen molar-refractivity contribution in [2.45, 2.75) is 31.7 Å². The summed E-state index contributed by atoms with van der Waals surface area (Å²) in [7, 11) is 2.57. The van der Waals surface area contributed by atoms with Gasteiger partial charge in [0.2, 0.25) is 10.0 Å². The van der Waals surface area contributed by atoms with Crippen LogP contribution in [0.25, 0.3) is 0 Å². The molecule has 0 saturated carbocycles. The Morgan fingerprint density at radius 2 is 1.52 bits per heavy atom. The van der Waals surface area contributed by atoms with Gasteiger partial charge in [-0.15, -0.1) is 0 Å². The molecule has 6 nitrogen and oxygen atoms in total. The van der Waals surface area contributed by atoms with Gasteiger partial charge in [-0.2, -0.15) is 0 Å². The summed E-state index contributed by atoms with van der Waals surface area (Å²) in [6.45, 7) is 9.96. The minimum atomic E-state index is -3.60. The molecule has 0 aliphatic carbocycles. The maximum atomic E-state index is 13.2. The van der Waals surface area contributed by atoms with E-state index in [0.717, 1.165) is 54.1 Å². The average Bonchev–Trinajstić information content (AvgIpc) is 2.72. The van der Waals surface area contributed by atoms with Gasteiger partial charge < -0.3 is 9.80 Å². The third kappa shape index (κ3) is 5.66. The van der Waals surface area contributed by atoms with Crippen LogP contribution in [-0.2, 0) is 10.0 Å². The zero-order valence-electron chi connectivity index (χ0n) is 19.6. The molecule has 1 heterocycles. The summed E-state index contributed by atoms with van der Waals surface area (Å²) in [6.07, 6.45) is 0. The molecule has 1 fully saturated rings. The number of piperazine rings is 1. The summed E-state index contributed by atoms with van der Waals surface area (Å²) in [5.74, 6) is 0. The van der Waals surface area contributed by atoms with E-state index in [1.165, 1.54) is 0 Å². The second-order valence-corrected chi connectivity index (χ2v) is 10.6. The zero-order valence-corrected chi connectivity index (χ0v) is 20.5. The predicted octanol–water partition coefficient (Wildman–Crippen LogP) is 2.94. The lowest BCUT2D eigenvalue weighted by molar-refractivity contribution is 0.113. The third-order valence-electron chi connectivity index (χ3n) is 6.32. The number of benzene rings is 2. The summed E-state index contributed by atoms with van der Waals surface area (Å²) < 4.78 is 29.3. The Hall–Kier alpha value is -1.93. The van der Waals surface area contributed by atoms with Crippen molar-refractivity contribution >= 4 is 15.7 Å². The van der Waals surface area contributed by atoms with Crippen molar-refractivity contribution in [2.75, 3.05) is 58.8 Å². The molecule has 3 rings (SSSR count). The van der Waals surface area contributed by atoms with Crippen LogP contribution in [0, 0.1) is 20.8 Å². The van der Waals surface area contributed by atoms with Crippen LogP contribution in [0.2, 0.25) is 0 Å². The lowest BCUT2D eigenvalue weighted by Crippen LogP contribution is -2.48. The minimum Gasteiger partial charge on any atom is -0.378 e. The highest BCUT2D eigenvalue weighted by molar-refractivity contribution is 7.89. The van der Waals surface area contributed by atoms with Gasteiger partial charge in [0.05, 0.1) is 4.90 Å². The van der Waals surface area contributed by atoms with E-state index < -0.39 is 10.0 Å². The number of hydrogen-bond donors (Lipinski definition) is 1. The Bertz CT molecular complexity index is 995. The molecule has 2 aromatic rings. The molecule has 0 aromatic heterocycles. The van der Waals surface area contributed by atoms with E-state index in [1.807, 2.05) is 40.9 Å². The highest BCUT2D eigenvalue weighted by atomic mass is 32.2. The normalized spacial score (nSPS) is 17.0. The molecular weight excluding hydrogens is 408 g/mol. The molecule has 2 aromatic carbocycles. The smallest absolute Gasteiger partial charge is 0.240 e. The van der Waals surface area contributed by atoms with Gasteiger partial charge in [0, 0.05) is 58.5 Å². The molecule has 1 atom stereocenters. The third-order valence-corrected chi connectivity index (χ3v) is 7.89. The SMILES string of the molecule is Cc1cc(C)c(S(=O)(=O)NCC(c2ccc(N(C)C)cc2)N2CCN(C)CC2)cc1C. The summed E-state index contributed by atoms with van der Waals surface area (Å²) in [6, 6.07) is 12.2. The van der Waals surface area contributed by atoms with Gasteiger partial charge in [-0.25, -0.2) is 13.1 Å². The van der Waals surface area contributed by atoms with Crippen molar-refractivity contribution in [3.05, 3.63) is 58.7 Å². The zero-order chi connectivity index (χ0) is 22.8. The standard InChI is InChI=1S/C24H36N4O2S/c1-18-15-20(3)24(16-19(18)2)31(29,30)25-17-23(28-13-11-27(6)12-14-28)21-7-9-22(10-8-21)26(4)5/h7-10,15-16,23,25H,11-14,17H2,1-6H3. The fraction of sp³-hybridized carbons (Fsp3) is 0.500. The molecule has 0 bridgehead atoms. The summed E-state index contributed by atoms with van der Waals surface area (Å²) >= 11 is 0. The molecule has 7 heteroatoms. The van der Waals surface area contributed by atoms with E-state index in [9.17, 15) is 8.42 Å². The number of anilines is 1. The quantitative estimate of drug-likeness (QED) is 0.712. The molecule has 1 saturated heterocycles. The highest BCUT2D eigenvalue weighted by Crippen LogP contribution is 2.26. The number of rotatable bonds is 7. The summed E-state index contributed by atoms with van der Waals surface area (Å²) in [5, 5.41) is 0. The van der Waals surface area contributed by atoms with E-state index in [2.05, 4.69) is 50.7 Å². The number of nitrogens with zero attached hydrogens (tertiary/aromatic N) is 3. The first-order chi connectivity index (χ1) is 14.6. The van der Waals surface area contributed by atoms with Gasteiger partial charge in [-0.3, -0.25) is 4.90 Å². The highest BCUT2D eigenvalue weighted by Gasteiger charge is 2.27. The van der Waals surface area contributed by atoms with E-state index >= 15 is 0 Å². The Morgan fingerprint density at radius 1 is 0.935 bits per heavy atom. The van der Waals surface area contributed by atoms with Crippen LogP contribution in [0.5, 0.6) is 0 Å². The Morgan fingerprint density at radius 3 is 2.10 bits per heavy atom. The van der Waals surface area contributed by atoms with Gasteiger partial charge in [-0.1, -0.05) is 18.2 Å². The molecule has 170 valence electrons. The molecule has 1 unspecified atom stereocenters. The van der Waals surface area contributed by atoms with Crippen molar-refractivity contribution in [2.24, 2.45) is 0 Å². The topological polar surface area (TPSA) is 55.9 Å². The number of sulfonamides is 1. The molecule has 0 amide bonds. The van der Waals surface area contributed by atoms with E-state index in [4.69, 9.17) is 0 Å². The van der Waals surface area contributed by atoms with E-state index in [-0.39, 0.29) is 6.04 Å². The van der Waals surface area contributed by atoms with Crippen molar-refractivity contribution < 1.29 is 8.42 Å². The number of aryl methyl sites for hydroxylation is 3. The lowest BCUT2D eigenvalue weighted by atomic mass is 10.0. The van der Waals surface area contributed by atoms with Crippen LogP contribution in [0.3, 0.4) is 0 Å². The molecule has 31 heavy (non-hydrogen) atoms. The van der Waals surface area contributed by atoms with Gasteiger partial charge in [0.15, 0.2) is 0 Å². The number of nitrogens with one attached hydrogen (secondary N) is 1. The molecular formula is C24H36N4O2S.